The fourth-order valence-corrected chi connectivity index (χ4v) is 4.91. The number of benzene rings is 3. The van der Waals surface area contributed by atoms with Crippen LogP contribution in [-0.4, -0.2) is 64.0 Å². The molecule has 184 valence electrons. The summed E-state index contributed by atoms with van der Waals surface area (Å²) >= 11 is 0. The summed E-state index contributed by atoms with van der Waals surface area (Å²) in [6.07, 6.45) is -0.461. The molecule has 0 unspecified atom stereocenters. The SMILES string of the molecule is CN(C(=O)NCc1ccccc1)N1CC(=O)N2[C@@H](c3ccccc3)C(=O)N(Cc3ccccc3)C[C@@H]21. The minimum Gasteiger partial charge on any atom is -0.333 e. The smallest absolute Gasteiger partial charge is 0.332 e. The molecule has 0 saturated carbocycles. The molecule has 4 amide bonds. The largest absolute Gasteiger partial charge is 0.333 e. The number of nitrogens with zero attached hydrogens (tertiary/aromatic N) is 4. The van der Waals surface area contributed by atoms with E-state index in [1.807, 2.05) is 91.0 Å². The quantitative estimate of drug-likeness (QED) is 0.585. The second kappa shape index (κ2) is 10.2. The average Bonchev–Trinajstić information content (AvgIpc) is 3.24. The van der Waals surface area contributed by atoms with Gasteiger partial charge in [-0.1, -0.05) is 91.0 Å². The van der Waals surface area contributed by atoms with Crippen LogP contribution in [0.3, 0.4) is 0 Å². The molecule has 0 aliphatic carbocycles. The molecule has 8 nitrogen and oxygen atoms in total. The molecule has 36 heavy (non-hydrogen) atoms. The van der Waals surface area contributed by atoms with Crippen LogP contribution in [-0.2, 0) is 22.7 Å². The molecule has 2 atom stereocenters. The molecule has 2 saturated heterocycles. The number of urea groups is 1. The number of hydrazine groups is 1. The van der Waals surface area contributed by atoms with Crippen LogP contribution in [0.5, 0.6) is 0 Å². The van der Waals surface area contributed by atoms with Gasteiger partial charge in [0.2, 0.25) is 5.91 Å². The Bertz CT molecular complexity index is 1220. The molecule has 1 N–H and O–H groups in total. The minimum atomic E-state index is -0.744. The van der Waals surface area contributed by atoms with E-state index in [9.17, 15) is 14.4 Å². The van der Waals surface area contributed by atoms with Gasteiger partial charge in [0.15, 0.2) is 0 Å². The fraction of sp³-hybridized carbons (Fsp3) is 0.250. The molecule has 5 rings (SSSR count). The van der Waals surface area contributed by atoms with E-state index >= 15 is 0 Å². The Hall–Kier alpha value is -4.17. The third-order valence-corrected chi connectivity index (χ3v) is 6.76. The van der Waals surface area contributed by atoms with E-state index in [1.165, 1.54) is 5.01 Å². The number of rotatable bonds is 6. The predicted molar refractivity (Wildman–Crippen MR) is 135 cm³/mol. The summed E-state index contributed by atoms with van der Waals surface area (Å²) in [4.78, 5) is 43.4. The van der Waals surface area contributed by atoms with Gasteiger partial charge in [-0.05, 0) is 16.7 Å². The Morgan fingerprint density at radius 2 is 1.47 bits per heavy atom. The minimum absolute atomic E-state index is 0.0235. The van der Waals surface area contributed by atoms with Crippen LogP contribution >= 0.6 is 0 Å². The highest BCUT2D eigenvalue weighted by Crippen LogP contribution is 2.36. The van der Waals surface area contributed by atoms with Crippen LogP contribution in [0.25, 0.3) is 0 Å². The van der Waals surface area contributed by atoms with Crippen LogP contribution in [0.1, 0.15) is 22.7 Å². The van der Waals surface area contributed by atoms with E-state index in [1.54, 1.807) is 21.9 Å². The highest BCUT2D eigenvalue weighted by atomic mass is 16.2. The zero-order chi connectivity index (χ0) is 25.1. The van der Waals surface area contributed by atoms with Crippen molar-refractivity contribution in [3.8, 4) is 0 Å². The van der Waals surface area contributed by atoms with Gasteiger partial charge in [-0.2, -0.15) is 5.01 Å². The van der Waals surface area contributed by atoms with Gasteiger partial charge in [0.05, 0.1) is 13.1 Å². The molecule has 0 aromatic heterocycles. The molecule has 0 spiro atoms. The van der Waals surface area contributed by atoms with Gasteiger partial charge >= 0.3 is 6.03 Å². The topological polar surface area (TPSA) is 76.2 Å². The van der Waals surface area contributed by atoms with Crippen LogP contribution in [0.2, 0.25) is 0 Å². The van der Waals surface area contributed by atoms with Gasteiger partial charge in [-0.25, -0.2) is 4.79 Å². The zero-order valence-corrected chi connectivity index (χ0v) is 20.2. The average molecular weight is 484 g/mol. The van der Waals surface area contributed by atoms with E-state index in [0.717, 1.165) is 16.7 Å². The van der Waals surface area contributed by atoms with Gasteiger partial charge in [0, 0.05) is 20.1 Å². The zero-order valence-electron chi connectivity index (χ0n) is 20.2. The monoisotopic (exact) mass is 483 g/mol. The molecule has 2 aliphatic rings. The van der Waals surface area contributed by atoms with Crippen molar-refractivity contribution < 1.29 is 14.4 Å². The van der Waals surface area contributed by atoms with Crippen LogP contribution < -0.4 is 5.32 Å². The molecule has 8 heteroatoms. The molecule has 2 aliphatic heterocycles. The van der Waals surface area contributed by atoms with Crippen LogP contribution in [0.15, 0.2) is 91.0 Å². The van der Waals surface area contributed by atoms with Crippen molar-refractivity contribution in [2.75, 3.05) is 20.1 Å². The molecule has 0 bridgehead atoms. The van der Waals surface area contributed by atoms with E-state index in [2.05, 4.69) is 5.32 Å². The third kappa shape index (κ3) is 4.67. The Balaban J connectivity index is 1.40. The third-order valence-electron chi connectivity index (χ3n) is 6.76. The molecular weight excluding hydrogens is 454 g/mol. The summed E-state index contributed by atoms with van der Waals surface area (Å²) < 4.78 is 0. The summed E-state index contributed by atoms with van der Waals surface area (Å²) in [5, 5.41) is 6.14. The number of carbonyl (C=O) groups excluding carboxylic acids is 3. The number of fused-ring (bicyclic) bond motifs is 1. The predicted octanol–water partition coefficient (Wildman–Crippen LogP) is 3.00. The number of hydrogen-bond donors (Lipinski definition) is 1. The maximum atomic E-state index is 13.7. The number of nitrogens with one attached hydrogen (secondary N) is 1. The standard InChI is InChI=1S/C28H29N5O3/c1-30(28(36)29-17-21-11-5-2-6-12-21)32-20-25(34)33-24(32)19-31(18-22-13-7-3-8-14-22)27(35)26(33)23-15-9-4-10-16-23/h2-16,24,26H,17-20H2,1H3,(H,29,36)/t24-,26+/m1/s1. The van der Waals surface area contributed by atoms with Gasteiger partial charge in [-0.15, -0.1) is 0 Å². The normalized spacial score (nSPS) is 19.8. The Kier molecular flexibility index (Phi) is 6.69. The fourth-order valence-electron chi connectivity index (χ4n) is 4.91. The second-order valence-electron chi connectivity index (χ2n) is 9.06. The van der Waals surface area contributed by atoms with E-state index in [-0.39, 0.29) is 24.4 Å². The second-order valence-corrected chi connectivity index (χ2v) is 9.06. The highest BCUT2D eigenvalue weighted by Gasteiger charge is 2.52. The summed E-state index contributed by atoms with van der Waals surface area (Å²) in [5.41, 5.74) is 2.76. The lowest BCUT2D eigenvalue weighted by Gasteiger charge is -2.45. The van der Waals surface area contributed by atoms with Crippen molar-refractivity contribution >= 4 is 17.8 Å². The van der Waals surface area contributed by atoms with E-state index in [4.69, 9.17) is 0 Å². The van der Waals surface area contributed by atoms with Crippen LogP contribution in [0.4, 0.5) is 4.79 Å². The molecule has 3 aromatic carbocycles. The van der Waals surface area contributed by atoms with Gasteiger partial charge in [0.1, 0.15) is 12.2 Å². The maximum Gasteiger partial charge on any atom is 0.332 e. The summed E-state index contributed by atoms with van der Waals surface area (Å²) in [7, 11) is 1.66. The lowest BCUT2D eigenvalue weighted by Crippen LogP contribution is -2.62. The van der Waals surface area contributed by atoms with Crippen molar-refractivity contribution in [1.29, 1.82) is 0 Å². The Morgan fingerprint density at radius 3 is 2.11 bits per heavy atom. The number of piperazine rings is 1. The number of hydrogen-bond acceptors (Lipinski definition) is 4. The highest BCUT2D eigenvalue weighted by molar-refractivity contribution is 5.92. The molecular formula is C28H29N5O3. The van der Waals surface area contributed by atoms with Crippen LogP contribution in [0, 0.1) is 0 Å². The number of amides is 4. The van der Waals surface area contributed by atoms with Gasteiger partial charge < -0.3 is 15.1 Å². The van der Waals surface area contributed by atoms with E-state index < -0.39 is 12.2 Å². The van der Waals surface area contributed by atoms with Crippen molar-refractivity contribution in [3.63, 3.8) is 0 Å². The summed E-state index contributed by atoms with van der Waals surface area (Å²) in [6.45, 7) is 1.14. The van der Waals surface area contributed by atoms with Gasteiger partial charge in [0.25, 0.3) is 5.91 Å². The lowest BCUT2D eigenvalue weighted by atomic mass is 10.00. The molecule has 2 fully saturated rings. The first-order valence-electron chi connectivity index (χ1n) is 12.0. The number of carbonyl (C=O) groups is 3. The first-order chi connectivity index (χ1) is 17.5. The molecule has 2 heterocycles. The maximum absolute atomic E-state index is 13.7. The molecule has 0 radical (unpaired) electrons. The van der Waals surface area contributed by atoms with Crippen molar-refractivity contribution in [3.05, 3.63) is 108 Å². The van der Waals surface area contributed by atoms with Crippen molar-refractivity contribution in [2.45, 2.75) is 25.3 Å². The summed E-state index contributed by atoms with van der Waals surface area (Å²) in [6, 6.07) is 27.8. The molecule has 3 aromatic rings. The summed E-state index contributed by atoms with van der Waals surface area (Å²) in [5.74, 6) is -0.294. The van der Waals surface area contributed by atoms with Crippen molar-refractivity contribution in [2.24, 2.45) is 0 Å². The first-order valence-corrected chi connectivity index (χ1v) is 12.0. The Labute approximate surface area is 210 Å². The van der Waals surface area contributed by atoms with Crippen molar-refractivity contribution in [1.82, 2.24) is 25.1 Å². The Morgan fingerprint density at radius 1 is 0.889 bits per heavy atom. The lowest BCUT2D eigenvalue weighted by molar-refractivity contribution is -0.157. The first kappa shape index (κ1) is 23.6. The van der Waals surface area contributed by atoms with Gasteiger partial charge in [-0.3, -0.25) is 14.6 Å². The van der Waals surface area contributed by atoms with E-state index in [0.29, 0.717) is 19.6 Å².